The third kappa shape index (κ3) is 6.92. The highest BCUT2D eigenvalue weighted by molar-refractivity contribution is 7.09. The molecule has 0 aliphatic rings. The van der Waals surface area contributed by atoms with Crippen LogP contribution in [0, 0.1) is 5.41 Å². The first-order chi connectivity index (χ1) is 11.9. The Morgan fingerprint density at radius 1 is 1.32 bits per heavy atom. The second-order valence-corrected chi connectivity index (χ2v) is 7.35. The van der Waals surface area contributed by atoms with Gasteiger partial charge in [-0.15, -0.1) is 22.9 Å². The molecule has 0 aromatic carbocycles. The van der Waals surface area contributed by atoms with Gasteiger partial charge in [0.25, 0.3) is 0 Å². The maximum Gasteiger partial charge on any atom is 0.357 e. The lowest BCUT2D eigenvalue weighted by Gasteiger charge is -2.30. The molecule has 0 saturated carbocycles. The van der Waals surface area contributed by atoms with E-state index in [9.17, 15) is 9.59 Å². The van der Waals surface area contributed by atoms with Crippen molar-refractivity contribution in [2.75, 3.05) is 32.2 Å². The Kier molecular flexibility index (Phi) is 9.38. The quantitative estimate of drug-likeness (QED) is 0.329. The molecule has 1 rings (SSSR count). The maximum absolute atomic E-state index is 12.8. The average Bonchev–Trinajstić information content (AvgIpc) is 3.06. The summed E-state index contributed by atoms with van der Waals surface area (Å²) in [5, 5.41) is 2.35. The van der Waals surface area contributed by atoms with Gasteiger partial charge in [0, 0.05) is 31.0 Å². The fraction of sp³-hybridized carbons (Fsp3) is 0.706. The summed E-state index contributed by atoms with van der Waals surface area (Å²) in [4.78, 5) is 30.5. The molecule has 0 N–H and O–H groups in total. The minimum Gasteiger partial charge on any atom is -0.461 e. The molecule has 6 nitrogen and oxygen atoms in total. The number of hydrogen-bond donors (Lipinski definition) is 0. The number of carbonyl (C=O) groups excluding carboxylic acids is 2. The Morgan fingerprint density at radius 2 is 2.04 bits per heavy atom. The molecule has 0 saturated heterocycles. The molecule has 0 atom stereocenters. The van der Waals surface area contributed by atoms with Crippen LogP contribution in [0.2, 0.25) is 0 Å². The van der Waals surface area contributed by atoms with Crippen LogP contribution in [0.15, 0.2) is 5.38 Å². The predicted octanol–water partition coefficient (Wildman–Crippen LogP) is 3.34. The van der Waals surface area contributed by atoms with Gasteiger partial charge in [0.1, 0.15) is 5.01 Å². The van der Waals surface area contributed by atoms with E-state index < -0.39 is 11.4 Å². The zero-order chi connectivity index (χ0) is 18.9. The van der Waals surface area contributed by atoms with Crippen LogP contribution in [0.5, 0.6) is 0 Å². The first-order valence-electron chi connectivity index (χ1n) is 8.40. The van der Waals surface area contributed by atoms with Crippen LogP contribution >= 0.6 is 22.9 Å². The Labute approximate surface area is 158 Å². The number of amides is 1. The van der Waals surface area contributed by atoms with E-state index in [0.717, 1.165) is 6.42 Å². The van der Waals surface area contributed by atoms with Gasteiger partial charge in [0.15, 0.2) is 5.69 Å². The van der Waals surface area contributed by atoms with Crippen molar-refractivity contribution >= 4 is 34.8 Å². The SMILES string of the molecule is CCOCCCN(Cc1nc(C(=O)OCC)cs1)C(=O)C(C)(C)CCl. The molecular formula is C17H27ClN2O4S. The van der Waals surface area contributed by atoms with Crippen molar-refractivity contribution in [3.8, 4) is 0 Å². The van der Waals surface area contributed by atoms with Gasteiger partial charge >= 0.3 is 5.97 Å². The molecule has 142 valence electrons. The molecule has 0 spiro atoms. The molecule has 1 aromatic heterocycles. The van der Waals surface area contributed by atoms with Gasteiger partial charge in [0.2, 0.25) is 5.91 Å². The topological polar surface area (TPSA) is 68.7 Å². The van der Waals surface area contributed by atoms with Crippen molar-refractivity contribution in [3.63, 3.8) is 0 Å². The van der Waals surface area contributed by atoms with Crippen LogP contribution < -0.4 is 0 Å². The van der Waals surface area contributed by atoms with Crippen LogP contribution in [-0.4, -0.2) is 54.0 Å². The molecular weight excluding hydrogens is 364 g/mol. The number of halogens is 1. The van der Waals surface area contributed by atoms with E-state index in [1.54, 1.807) is 17.2 Å². The number of thiazole rings is 1. The lowest BCUT2D eigenvalue weighted by Crippen LogP contribution is -2.42. The zero-order valence-corrected chi connectivity index (χ0v) is 16.9. The molecule has 25 heavy (non-hydrogen) atoms. The molecule has 0 fully saturated rings. The van der Waals surface area contributed by atoms with Crippen molar-refractivity contribution in [1.82, 2.24) is 9.88 Å². The predicted molar refractivity (Wildman–Crippen MR) is 99.1 cm³/mol. The van der Waals surface area contributed by atoms with E-state index in [4.69, 9.17) is 21.1 Å². The first kappa shape index (κ1) is 21.9. The minimum absolute atomic E-state index is 0.0353. The third-order valence-corrected chi connectivity index (χ3v) is 4.99. The highest BCUT2D eigenvalue weighted by Gasteiger charge is 2.31. The lowest BCUT2D eigenvalue weighted by molar-refractivity contribution is -0.140. The number of ether oxygens (including phenoxy) is 2. The van der Waals surface area contributed by atoms with Crippen LogP contribution in [0.4, 0.5) is 0 Å². The van der Waals surface area contributed by atoms with E-state index in [-0.39, 0.29) is 17.5 Å². The molecule has 1 amide bonds. The summed E-state index contributed by atoms with van der Waals surface area (Å²) >= 11 is 7.29. The lowest BCUT2D eigenvalue weighted by atomic mass is 9.94. The van der Waals surface area contributed by atoms with Crippen LogP contribution in [0.25, 0.3) is 0 Å². The normalized spacial score (nSPS) is 11.4. The number of alkyl halides is 1. The molecule has 8 heteroatoms. The molecule has 0 unspecified atom stereocenters. The smallest absolute Gasteiger partial charge is 0.357 e. The Hall–Kier alpha value is -1.18. The van der Waals surface area contributed by atoms with Gasteiger partial charge < -0.3 is 14.4 Å². The summed E-state index contributed by atoms with van der Waals surface area (Å²) in [5.74, 6) is -0.244. The van der Waals surface area contributed by atoms with Crippen molar-refractivity contribution in [2.24, 2.45) is 5.41 Å². The Morgan fingerprint density at radius 3 is 2.64 bits per heavy atom. The first-order valence-corrected chi connectivity index (χ1v) is 9.81. The van der Waals surface area contributed by atoms with Crippen molar-refractivity contribution in [1.29, 1.82) is 0 Å². The average molecular weight is 391 g/mol. The van der Waals surface area contributed by atoms with Crippen LogP contribution in [0.3, 0.4) is 0 Å². The van der Waals surface area contributed by atoms with E-state index >= 15 is 0 Å². The van der Waals surface area contributed by atoms with E-state index in [1.807, 2.05) is 20.8 Å². The van der Waals surface area contributed by atoms with E-state index in [1.165, 1.54) is 11.3 Å². The summed E-state index contributed by atoms with van der Waals surface area (Å²) in [6.07, 6.45) is 0.730. The minimum atomic E-state index is -0.658. The second-order valence-electron chi connectivity index (χ2n) is 6.14. The molecule has 0 aliphatic carbocycles. The molecule has 0 radical (unpaired) electrons. The molecule has 1 aromatic rings. The highest BCUT2D eigenvalue weighted by Crippen LogP contribution is 2.23. The van der Waals surface area contributed by atoms with Gasteiger partial charge in [-0.05, 0) is 34.1 Å². The summed E-state index contributed by atoms with van der Waals surface area (Å²) in [7, 11) is 0. The number of esters is 1. The number of hydrogen-bond acceptors (Lipinski definition) is 6. The monoisotopic (exact) mass is 390 g/mol. The van der Waals surface area contributed by atoms with Gasteiger partial charge in [-0.25, -0.2) is 9.78 Å². The summed E-state index contributed by atoms with van der Waals surface area (Å²) in [6.45, 7) is 9.77. The molecule has 1 heterocycles. The zero-order valence-electron chi connectivity index (χ0n) is 15.3. The van der Waals surface area contributed by atoms with Crippen LogP contribution in [-0.2, 0) is 20.8 Å². The molecule has 0 bridgehead atoms. The van der Waals surface area contributed by atoms with Crippen LogP contribution in [0.1, 0.15) is 49.6 Å². The molecule has 0 aliphatic heterocycles. The fourth-order valence-electron chi connectivity index (χ4n) is 2.08. The van der Waals surface area contributed by atoms with Crippen molar-refractivity contribution < 1.29 is 19.1 Å². The standard InChI is InChI=1S/C17H27ClN2O4S/c1-5-23-9-7-8-20(16(22)17(3,4)12-18)10-14-19-13(11-25-14)15(21)24-6-2/h11H,5-10,12H2,1-4H3. The van der Waals surface area contributed by atoms with Gasteiger partial charge in [-0.3, -0.25) is 4.79 Å². The van der Waals surface area contributed by atoms with Crippen molar-refractivity contribution in [3.05, 3.63) is 16.1 Å². The Balaban J connectivity index is 2.81. The van der Waals surface area contributed by atoms with Crippen molar-refractivity contribution in [2.45, 2.75) is 40.7 Å². The number of carbonyl (C=O) groups is 2. The van der Waals surface area contributed by atoms with E-state index in [0.29, 0.717) is 37.9 Å². The van der Waals surface area contributed by atoms with Gasteiger partial charge in [-0.1, -0.05) is 0 Å². The third-order valence-electron chi connectivity index (χ3n) is 3.48. The number of rotatable bonds is 11. The maximum atomic E-state index is 12.8. The number of nitrogens with zero attached hydrogens (tertiary/aromatic N) is 2. The Bertz CT molecular complexity index is 563. The van der Waals surface area contributed by atoms with Gasteiger partial charge in [0.05, 0.1) is 18.6 Å². The largest absolute Gasteiger partial charge is 0.461 e. The fourth-order valence-corrected chi connectivity index (χ4v) is 2.98. The van der Waals surface area contributed by atoms with Gasteiger partial charge in [-0.2, -0.15) is 0 Å². The van der Waals surface area contributed by atoms with E-state index in [2.05, 4.69) is 4.98 Å². The summed E-state index contributed by atoms with van der Waals surface area (Å²) in [6, 6.07) is 0. The second kappa shape index (κ2) is 10.7. The highest BCUT2D eigenvalue weighted by atomic mass is 35.5. The number of aromatic nitrogens is 1. The summed E-state index contributed by atoms with van der Waals surface area (Å²) in [5.41, 5.74) is -0.380. The summed E-state index contributed by atoms with van der Waals surface area (Å²) < 4.78 is 10.3.